The molecule has 1 aliphatic heterocycles. The van der Waals surface area contributed by atoms with Gasteiger partial charge in [-0.25, -0.2) is 4.98 Å². The molecule has 0 aromatic carbocycles. The average Bonchev–Trinajstić information content (AvgIpc) is 2.76. The first-order chi connectivity index (χ1) is 9.04. The quantitative estimate of drug-likeness (QED) is 0.750. The predicted molar refractivity (Wildman–Crippen MR) is 67.7 cm³/mol. The molecule has 2 heterocycles. The molecule has 2 amide bonds. The van der Waals surface area contributed by atoms with Crippen LogP contribution in [0.2, 0.25) is 0 Å². The van der Waals surface area contributed by atoms with Crippen molar-refractivity contribution in [1.82, 2.24) is 20.5 Å². The lowest BCUT2D eigenvalue weighted by Gasteiger charge is -2.34. The minimum Gasteiger partial charge on any atom is -0.436 e. The molecule has 0 radical (unpaired) electrons. The Morgan fingerprint density at radius 1 is 1.47 bits per heavy atom. The summed E-state index contributed by atoms with van der Waals surface area (Å²) >= 11 is 0. The van der Waals surface area contributed by atoms with Gasteiger partial charge in [-0.2, -0.15) is 0 Å². The number of rotatable bonds is 2. The van der Waals surface area contributed by atoms with Gasteiger partial charge < -0.3 is 20.0 Å². The van der Waals surface area contributed by atoms with E-state index in [9.17, 15) is 9.59 Å². The first-order valence-corrected chi connectivity index (χ1v) is 6.22. The summed E-state index contributed by atoms with van der Waals surface area (Å²) in [4.78, 5) is 29.9. The molecular weight excluding hydrogens is 248 g/mol. The van der Waals surface area contributed by atoms with E-state index in [0.717, 1.165) is 0 Å². The molecular formula is C12H18N4O3. The molecule has 1 aromatic rings. The molecule has 1 aromatic heterocycles. The lowest BCUT2D eigenvalue weighted by molar-refractivity contribution is -0.125. The van der Waals surface area contributed by atoms with E-state index in [1.807, 2.05) is 0 Å². The van der Waals surface area contributed by atoms with Gasteiger partial charge in [-0.3, -0.25) is 9.59 Å². The van der Waals surface area contributed by atoms with Gasteiger partial charge in [0.1, 0.15) is 6.04 Å². The fraction of sp³-hybridized carbons (Fsp3) is 0.583. The van der Waals surface area contributed by atoms with Gasteiger partial charge >= 0.3 is 0 Å². The van der Waals surface area contributed by atoms with Gasteiger partial charge in [-0.1, -0.05) is 0 Å². The van der Waals surface area contributed by atoms with Crippen LogP contribution >= 0.6 is 0 Å². The molecule has 104 valence electrons. The molecule has 1 saturated heterocycles. The van der Waals surface area contributed by atoms with Crippen LogP contribution in [-0.4, -0.2) is 54.4 Å². The standard InChI is InChI=1S/C12H18N4O3/c1-7-10(19-8(2)15-7)12(18)16-5-4-14-6-9(16)11(17)13-3/h9,14H,4-6H2,1-3H3,(H,13,17). The summed E-state index contributed by atoms with van der Waals surface area (Å²) in [5.74, 6) is 0.198. The van der Waals surface area contributed by atoms with Crippen LogP contribution in [0, 0.1) is 13.8 Å². The lowest BCUT2D eigenvalue weighted by atomic mass is 10.1. The van der Waals surface area contributed by atoms with E-state index in [1.54, 1.807) is 20.9 Å². The molecule has 2 N–H and O–H groups in total. The van der Waals surface area contributed by atoms with Gasteiger partial charge in [-0.05, 0) is 6.92 Å². The fourth-order valence-corrected chi connectivity index (χ4v) is 2.21. The third kappa shape index (κ3) is 2.60. The van der Waals surface area contributed by atoms with Crippen molar-refractivity contribution in [2.45, 2.75) is 19.9 Å². The number of aryl methyl sites for hydroxylation is 2. The third-order valence-electron chi connectivity index (χ3n) is 3.15. The molecule has 1 aliphatic rings. The first-order valence-electron chi connectivity index (χ1n) is 6.22. The summed E-state index contributed by atoms with van der Waals surface area (Å²) in [5, 5.41) is 5.68. The number of piperazine rings is 1. The molecule has 0 spiro atoms. The van der Waals surface area contributed by atoms with E-state index in [0.29, 0.717) is 31.2 Å². The molecule has 2 rings (SSSR count). The SMILES string of the molecule is CNC(=O)C1CNCCN1C(=O)c1oc(C)nc1C. The van der Waals surface area contributed by atoms with E-state index >= 15 is 0 Å². The molecule has 1 atom stereocenters. The molecule has 1 fully saturated rings. The number of hydrogen-bond acceptors (Lipinski definition) is 5. The summed E-state index contributed by atoms with van der Waals surface area (Å²) in [5.41, 5.74) is 0.552. The van der Waals surface area contributed by atoms with Crippen molar-refractivity contribution >= 4 is 11.8 Å². The fourth-order valence-electron chi connectivity index (χ4n) is 2.21. The number of aromatic nitrogens is 1. The molecule has 7 nitrogen and oxygen atoms in total. The van der Waals surface area contributed by atoms with E-state index < -0.39 is 6.04 Å². The molecule has 0 bridgehead atoms. The van der Waals surface area contributed by atoms with Crippen LogP contribution in [0.1, 0.15) is 22.1 Å². The molecule has 1 unspecified atom stereocenters. The van der Waals surface area contributed by atoms with Gasteiger partial charge in [0, 0.05) is 33.6 Å². The Bertz CT molecular complexity index is 497. The summed E-state index contributed by atoms with van der Waals surface area (Å²) < 4.78 is 5.34. The highest BCUT2D eigenvalue weighted by Crippen LogP contribution is 2.15. The van der Waals surface area contributed by atoms with Crippen LogP contribution in [0.3, 0.4) is 0 Å². The van der Waals surface area contributed by atoms with Crippen LogP contribution in [0.4, 0.5) is 0 Å². The van der Waals surface area contributed by atoms with Gasteiger partial charge in [0.25, 0.3) is 5.91 Å². The maximum absolute atomic E-state index is 12.4. The highest BCUT2D eigenvalue weighted by molar-refractivity contribution is 5.96. The zero-order chi connectivity index (χ0) is 14.0. The second-order valence-electron chi connectivity index (χ2n) is 4.48. The largest absolute Gasteiger partial charge is 0.436 e. The molecule has 0 saturated carbocycles. The van der Waals surface area contributed by atoms with Crippen molar-refractivity contribution in [1.29, 1.82) is 0 Å². The van der Waals surface area contributed by atoms with Crippen molar-refractivity contribution < 1.29 is 14.0 Å². The molecule has 0 aliphatic carbocycles. The number of oxazole rings is 1. The van der Waals surface area contributed by atoms with E-state index in [2.05, 4.69) is 15.6 Å². The third-order valence-corrected chi connectivity index (χ3v) is 3.15. The number of carbonyl (C=O) groups excluding carboxylic acids is 2. The Morgan fingerprint density at radius 3 is 2.79 bits per heavy atom. The normalized spacial score (nSPS) is 19.3. The number of nitrogens with one attached hydrogen (secondary N) is 2. The number of amides is 2. The van der Waals surface area contributed by atoms with Crippen molar-refractivity contribution in [2.75, 3.05) is 26.7 Å². The number of likely N-dealkylation sites (N-methyl/N-ethyl adjacent to an activating group) is 1. The Labute approximate surface area is 111 Å². The van der Waals surface area contributed by atoms with Crippen LogP contribution < -0.4 is 10.6 Å². The van der Waals surface area contributed by atoms with Gasteiger partial charge in [-0.15, -0.1) is 0 Å². The maximum atomic E-state index is 12.4. The number of nitrogens with zero attached hydrogens (tertiary/aromatic N) is 2. The second-order valence-corrected chi connectivity index (χ2v) is 4.48. The van der Waals surface area contributed by atoms with Crippen molar-refractivity contribution in [2.24, 2.45) is 0 Å². The number of carbonyl (C=O) groups is 2. The second kappa shape index (κ2) is 5.40. The summed E-state index contributed by atoms with van der Waals surface area (Å²) in [6.45, 7) is 4.98. The van der Waals surface area contributed by atoms with Crippen LogP contribution in [0.5, 0.6) is 0 Å². The van der Waals surface area contributed by atoms with Crippen molar-refractivity contribution in [3.8, 4) is 0 Å². The highest BCUT2D eigenvalue weighted by atomic mass is 16.4. The maximum Gasteiger partial charge on any atom is 0.292 e. The zero-order valence-electron chi connectivity index (χ0n) is 11.3. The topological polar surface area (TPSA) is 87.5 Å². The number of hydrogen-bond donors (Lipinski definition) is 2. The smallest absolute Gasteiger partial charge is 0.292 e. The molecule has 19 heavy (non-hydrogen) atoms. The predicted octanol–water partition coefficient (Wildman–Crippen LogP) is -0.549. The summed E-state index contributed by atoms with van der Waals surface area (Å²) in [6.07, 6.45) is 0. The van der Waals surface area contributed by atoms with E-state index in [4.69, 9.17) is 4.42 Å². The minimum atomic E-state index is -0.518. The van der Waals surface area contributed by atoms with Crippen molar-refractivity contribution in [3.63, 3.8) is 0 Å². The van der Waals surface area contributed by atoms with Crippen molar-refractivity contribution in [3.05, 3.63) is 17.3 Å². The average molecular weight is 266 g/mol. The first kappa shape index (κ1) is 13.5. The lowest BCUT2D eigenvalue weighted by Crippen LogP contribution is -2.59. The van der Waals surface area contributed by atoms with Crippen LogP contribution in [0.15, 0.2) is 4.42 Å². The monoisotopic (exact) mass is 266 g/mol. The van der Waals surface area contributed by atoms with Gasteiger partial charge in [0.05, 0.1) is 5.69 Å². The Kier molecular flexibility index (Phi) is 3.84. The van der Waals surface area contributed by atoms with Gasteiger partial charge in [0.15, 0.2) is 5.89 Å². The van der Waals surface area contributed by atoms with Gasteiger partial charge in [0.2, 0.25) is 11.7 Å². The van der Waals surface area contributed by atoms with Crippen LogP contribution in [-0.2, 0) is 4.79 Å². The molecule has 7 heteroatoms. The Morgan fingerprint density at radius 2 is 2.21 bits per heavy atom. The summed E-state index contributed by atoms with van der Waals surface area (Å²) in [6, 6.07) is -0.518. The highest BCUT2D eigenvalue weighted by Gasteiger charge is 2.34. The Hall–Kier alpha value is -1.89. The Balaban J connectivity index is 2.25. The van der Waals surface area contributed by atoms with Crippen LogP contribution in [0.25, 0.3) is 0 Å². The van der Waals surface area contributed by atoms with E-state index in [1.165, 1.54) is 4.90 Å². The summed E-state index contributed by atoms with van der Waals surface area (Å²) in [7, 11) is 1.56. The zero-order valence-corrected chi connectivity index (χ0v) is 11.3. The minimum absolute atomic E-state index is 0.186. The van der Waals surface area contributed by atoms with E-state index in [-0.39, 0.29) is 17.6 Å².